The maximum Gasteiger partial charge on any atom is -0.00445 e. The lowest BCUT2D eigenvalue weighted by molar-refractivity contribution is 0.0832. The highest BCUT2D eigenvalue weighted by Gasteiger charge is 2.56. The highest BCUT2D eigenvalue weighted by atomic mass is 14.6. The van der Waals surface area contributed by atoms with Crippen molar-refractivity contribution in [3.8, 4) is 0 Å². The van der Waals surface area contributed by atoms with Gasteiger partial charge in [-0.1, -0.05) is 76.1 Å². The zero-order chi connectivity index (χ0) is 20.1. The summed E-state index contributed by atoms with van der Waals surface area (Å²) in [5.41, 5.74) is 7.25. The zero-order valence-corrected chi connectivity index (χ0v) is 18.8. The minimum atomic E-state index is 0.429. The van der Waals surface area contributed by atoms with E-state index in [0.717, 1.165) is 30.1 Å². The molecule has 0 aromatic carbocycles. The predicted molar refractivity (Wildman–Crippen MR) is 122 cm³/mol. The summed E-state index contributed by atoms with van der Waals surface area (Å²) < 4.78 is 0. The van der Waals surface area contributed by atoms with Crippen molar-refractivity contribution in [2.75, 3.05) is 0 Å². The van der Waals surface area contributed by atoms with E-state index in [1.165, 1.54) is 75.4 Å². The second-order valence-electron chi connectivity index (χ2n) is 11.2. The first-order valence-corrected chi connectivity index (χ1v) is 12.0. The monoisotopic (exact) mass is 378 g/mol. The molecule has 4 aliphatic carbocycles. The molecular weight excluding hydrogens is 336 g/mol. The van der Waals surface area contributed by atoms with Crippen molar-refractivity contribution in [3.05, 3.63) is 48.1 Å². The van der Waals surface area contributed by atoms with Crippen LogP contribution in [0.3, 0.4) is 0 Å². The summed E-state index contributed by atoms with van der Waals surface area (Å²) in [7, 11) is 0. The van der Waals surface area contributed by atoms with Crippen LogP contribution in [0.25, 0.3) is 0 Å². The molecule has 0 N–H and O–H groups in total. The van der Waals surface area contributed by atoms with Gasteiger partial charge in [0.05, 0.1) is 0 Å². The summed E-state index contributed by atoms with van der Waals surface area (Å²) in [4.78, 5) is 0. The smallest absolute Gasteiger partial charge is 0.00445 e. The second-order valence-corrected chi connectivity index (χ2v) is 11.2. The average Bonchev–Trinajstić information content (AvgIpc) is 2.97. The molecule has 0 aromatic heterocycles. The molecule has 4 rings (SSSR count). The third-order valence-electron chi connectivity index (χ3n) is 9.62. The van der Waals surface area contributed by atoms with Crippen molar-refractivity contribution in [2.24, 2.45) is 34.5 Å². The van der Waals surface area contributed by atoms with Gasteiger partial charge in [-0.3, -0.25) is 0 Å². The normalized spacial score (nSPS) is 42.6. The van der Waals surface area contributed by atoms with Gasteiger partial charge in [-0.05, 0) is 97.9 Å². The van der Waals surface area contributed by atoms with Crippen LogP contribution in [0.1, 0.15) is 91.4 Å². The van der Waals surface area contributed by atoms with E-state index in [1.807, 2.05) is 11.6 Å². The SMILES string of the molecule is C=CC(=C)CCCC1CCC2C3=C(C(=C)CC12C)C1(C)CCCCC1CC3C. The predicted octanol–water partition coefficient (Wildman–Crippen LogP) is 8.42. The Morgan fingerprint density at radius 1 is 1.18 bits per heavy atom. The summed E-state index contributed by atoms with van der Waals surface area (Å²) in [6.45, 7) is 20.5. The standard InChI is InChI=1S/C28H42/c1-7-19(2)11-10-13-22-14-15-24-25-20(3)17-23-12-8-9-16-27(23,5)26(25)21(4)18-28(22,24)6/h7,20,22-24H,1-2,4,8-18H2,3,5-6H3. The molecule has 0 heterocycles. The van der Waals surface area contributed by atoms with Crippen molar-refractivity contribution in [3.63, 3.8) is 0 Å². The van der Waals surface area contributed by atoms with Gasteiger partial charge in [-0.2, -0.15) is 0 Å². The number of allylic oxidation sites excluding steroid dienone is 5. The molecule has 0 nitrogen and oxygen atoms in total. The quantitative estimate of drug-likeness (QED) is 0.421. The molecule has 0 amide bonds. The molecule has 6 atom stereocenters. The molecule has 0 bridgehead atoms. The molecule has 4 aliphatic rings. The summed E-state index contributed by atoms with van der Waals surface area (Å²) in [5.74, 6) is 3.34. The third kappa shape index (κ3) is 3.01. The molecule has 0 saturated heterocycles. The Hall–Kier alpha value is -1.04. The number of fused-ring (bicyclic) bond motifs is 4. The lowest BCUT2D eigenvalue weighted by atomic mass is 9.48. The Labute approximate surface area is 174 Å². The first-order chi connectivity index (χ1) is 13.3. The van der Waals surface area contributed by atoms with Crippen LogP contribution in [-0.2, 0) is 0 Å². The van der Waals surface area contributed by atoms with E-state index in [0.29, 0.717) is 10.8 Å². The molecule has 0 aliphatic heterocycles. The van der Waals surface area contributed by atoms with Gasteiger partial charge in [0, 0.05) is 0 Å². The van der Waals surface area contributed by atoms with Crippen LogP contribution in [0.5, 0.6) is 0 Å². The highest BCUT2D eigenvalue weighted by Crippen LogP contribution is 2.67. The summed E-state index contributed by atoms with van der Waals surface area (Å²) in [6, 6.07) is 0. The van der Waals surface area contributed by atoms with E-state index in [9.17, 15) is 0 Å². The summed E-state index contributed by atoms with van der Waals surface area (Å²) in [5, 5.41) is 0. The van der Waals surface area contributed by atoms with Crippen molar-refractivity contribution >= 4 is 0 Å². The second kappa shape index (κ2) is 7.33. The zero-order valence-electron chi connectivity index (χ0n) is 18.8. The minimum absolute atomic E-state index is 0.429. The molecule has 2 fully saturated rings. The van der Waals surface area contributed by atoms with E-state index in [1.54, 1.807) is 5.57 Å². The third-order valence-corrected chi connectivity index (χ3v) is 9.62. The van der Waals surface area contributed by atoms with E-state index in [4.69, 9.17) is 6.58 Å². The number of rotatable bonds is 5. The fourth-order valence-corrected chi connectivity index (χ4v) is 8.16. The number of hydrogen-bond donors (Lipinski definition) is 0. The van der Waals surface area contributed by atoms with E-state index >= 15 is 0 Å². The minimum Gasteiger partial charge on any atom is -0.0988 e. The Bertz CT molecular complexity index is 706. The first-order valence-electron chi connectivity index (χ1n) is 12.0. The van der Waals surface area contributed by atoms with Crippen LogP contribution in [-0.4, -0.2) is 0 Å². The molecule has 0 spiro atoms. The molecule has 28 heavy (non-hydrogen) atoms. The molecular formula is C28H42. The number of hydrogen-bond acceptors (Lipinski definition) is 0. The van der Waals surface area contributed by atoms with E-state index in [-0.39, 0.29) is 0 Å². The van der Waals surface area contributed by atoms with Crippen molar-refractivity contribution in [1.82, 2.24) is 0 Å². The molecule has 0 heteroatoms. The lowest BCUT2D eigenvalue weighted by Gasteiger charge is -2.56. The lowest BCUT2D eigenvalue weighted by Crippen LogP contribution is -2.46. The average molecular weight is 379 g/mol. The van der Waals surface area contributed by atoms with Gasteiger partial charge in [0.2, 0.25) is 0 Å². The molecule has 0 aromatic rings. The van der Waals surface area contributed by atoms with Gasteiger partial charge in [0.25, 0.3) is 0 Å². The van der Waals surface area contributed by atoms with Gasteiger partial charge in [-0.15, -0.1) is 0 Å². The van der Waals surface area contributed by atoms with E-state index in [2.05, 4.69) is 33.9 Å². The highest BCUT2D eigenvalue weighted by molar-refractivity contribution is 5.48. The topological polar surface area (TPSA) is 0 Å². The first kappa shape index (κ1) is 20.2. The molecule has 0 radical (unpaired) electrons. The fraction of sp³-hybridized carbons (Fsp3) is 0.714. The van der Waals surface area contributed by atoms with Gasteiger partial charge in [-0.25, -0.2) is 0 Å². The Kier molecular flexibility index (Phi) is 5.30. The van der Waals surface area contributed by atoms with Crippen LogP contribution in [0.2, 0.25) is 0 Å². The van der Waals surface area contributed by atoms with E-state index < -0.39 is 0 Å². The summed E-state index contributed by atoms with van der Waals surface area (Å²) in [6.07, 6.45) is 16.9. The van der Waals surface area contributed by atoms with Gasteiger partial charge >= 0.3 is 0 Å². The summed E-state index contributed by atoms with van der Waals surface area (Å²) >= 11 is 0. The van der Waals surface area contributed by atoms with Crippen LogP contribution in [0, 0.1) is 34.5 Å². The Balaban J connectivity index is 1.63. The van der Waals surface area contributed by atoms with Gasteiger partial charge < -0.3 is 0 Å². The maximum absolute atomic E-state index is 4.75. The largest absolute Gasteiger partial charge is 0.0988 e. The molecule has 6 unspecified atom stereocenters. The van der Waals surface area contributed by atoms with Crippen LogP contribution >= 0.6 is 0 Å². The van der Waals surface area contributed by atoms with Crippen molar-refractivity contribution < 1.29 is 0 Å². The van der Waals surface area contributed by atoms with Gasteiger partial charge in [0.15, 0.2) is 0 Å². The molecule has 2 saturated carbocycles. The fourth-order valence-electron chi connectivity index (χ4n) is 8.16. The van der Waals surface area contributed by atoms with Crippen LogP contribution in [0.15, 0.2) is 48.1 Å². The maximum atomic E-state index is 4.75. The Morgan fingerprint density at radius 2 is 1.96 bits per heavy atom. The van der Waals surface area contributed by atoms with Crippen LogP contribution in [0.4, 0.5) is 0 Å². The van der Waals surface area contributed by atoms with Crippen LogP contribution < -0.4 is 0 Å². The van der Waals surface area contributed by atoms with Gasteiger partial charge in [0.1, 0.15) is 0 Å². The Morgan fingerprint density at radius 3 is 2.71 bits per heavy atom. The van der Waals surface area contributed by atoms with Crippen molar-refractivity contribution in [2.45, 2.75) is 91.4 Å². The molecule has 154 valence electrons. The van der Waals surface area contributed by atoms with Crippen molar-refractivity contribution in [1.29, 1.82) is 0 Å².